The molecule has 7 rings (SSSR count). The number of nitrogens with two attached hydrogens (primary N) is 1. The van der Waals surface area contributed by atoms with Gasteiger partial charge in [0.1, 0.15) is 0 Å². The Morgan fingerprint density at radius 2 is 1.56 bits per heavy atom. The van der Waals surface area contributed by atoms with Crippen LogP contribution in [0.5, 0.6) is 0 Å². The third kappa shape index (κ3) is 4.76. The minimum atomic E-state index is -2.60. The quantitative estimate of drug-likeness (QED) is 0.280. The summed E-state index contributed by atoms with van der Waals surface area (Å²) in [5, 5.41) is 0. The number of carbonyl (C=O) groups is 1. The van der Waals surface area contributed by atoms with Gasteiger partial charge in [-0.05, 0) is 54.7 Å². The number of hydrogen-bond acceptors (Lipinski definition) is 5. The number of imidazole rings is 1. The van der Waals surface area contributed by atoms with E-state index in [4.69, 9.17) is 15.5 Å². The molecule has 212 valence electrons. The lowest BCUT2D eigenvalue weighted by atomic mass is 9.81. The van der Waals surface area contributed by atoms with E-state index in [1.54, 1.807) is 11.9 Å². The maximum absolute atomic E-state index is 13.7. The first-order valence-corrected chi connectivity index (χ1v) is 14.4. The second-order valence-electron chi connectivity index (χ2n) is 11.8. The highest BCUT2D eigenvalue weighted by Crippen LogP contribution is 2.47. The van der Waals surface area contributed by atoms with Crippen molar-refractivity contribution >= 4 is 11.9 Å². The van der Waals surface area contributed by atoms with Crippen molar-refractivity contribution in [1.29, 1.82) is 0 Å². The summed E-state index contributed by atoms with van der Waals surface area (Å²) in [7, 11) is 1.77. The number of carbonyl (C=O) groups excluding carboxylic acids is 1. The first-order chi connectivity index (χ1) is 19.8. The molecule has 0 unspecified atom stereocenters. The van der Waals surface area contributed by atoms with Crippen molar-refractivity contribution in [3.05, 3.63) is 89.5 Å². The lowest BCUT2D eigenvalue weighted by Crippen LogP contribution is -2.34. The van der Waals surface area contributed by atoms with E-state index in [2.05, 4.69) is 17.1 Å². The summed E-state index contributed by atoms with van der Waals surface area (Å²) in [6.45, 7) is 0. The highest BCUT2D eigenvalue weighted by Gasteiger charge is 2.41. The van der Waals surface area contributed by atoms with E-state index in [9.17, 15) is 13.6 Å². The van der Waals surface area contributed by atoms with Crippen molar-refractivity contribution in [3.63, 3.8) is 0 Å². The highest BCUT2D eigenvalue weighted by atomic mass is 19.3. The van der Waals surface area contributed by atoms with Crippen molar-refractivity contribution < 1.29 is 18.3 Å². The monoisotopic (exact) mass is 557 g/mol. The summed E-state index contributed by atoms with van der Waals surface area (Å²) in [5.41, 5.74) is 12.0. The molecule has 7 nitrogen and oxygen atoms in total. The van der Waals surface area contributed by atoms with Gasteiger partial charge in [-0.25, -0.2) is 23.5 Å². The van der Waals surface area contributed by atoms with Crippen molar-refractivity contribution in [2.45, 2.75) is 62.6 Å². The van der Waals surface area contributed by atoms with Gasteiger partial charge >= 0.3 is 6.09 Å². The standard InChI is InChI=1S/C32H33F2N5O2/c1-38(31(40)41-29-23-8-4-2-6-21(23)22-7-3-5-9-24(22)29)28(20-10-11-20)25-14-17-39-18-26(37-30(39)36-25)27(35)19-12-15-32(33,34)16-13-19/h2-9,14,17-20,27-29H,10-13,15-16,35H2,1H3/t27-,28+/m0/s1. The Kier molecular flexibility index (Phi) is 6.30. The zero-order valence-electron chi connectivity index (χ0n) is 22.9. The van der Waals surface area contributed by atoms with Crippen LogP contribution >= 0.6 is 0 Å². The summed E-state index contributed by atoms with van der Waals surface area (Å²) in [5.74, 6) is -1.86. The van der Waals surface area contributed by atoms with E-state index >= 15 is 0 Å². The average molecular weight is 558 g/mol. The average Bonchev–Trinajstić information content (AvgIpc) is 3.64. The van der Waals surface area contributed by atoms with Gasteiger partial charge in [-0.15, -0.1) is 0 Å². The van der Waals surface area contributed by atoms with Crippen LogP contribution in [0.1, 0.15) is 79.2 Å². The van der Waals surface area contributed by atoms with Crippen molar-refractivity contribution in [2.24, 2.45) is 17.6 Å². The molecule has 0 spiro atoms. The maximum atomic E-state index is 13.7. The Morgan fingerprint density at radius 1 is 0.951 bits per heavy atom. The van der Waals surface area contributed by atoms with Gasteiger partial charge in [-0.2, -0.15) is 0 Å². The second-order valence-corrected chi connectivity index (χ2v) is 11.8. The fraction of sp³-hybridized carbons (Fsp3) is 0.406. The van der Waals surface area contributed by atoms with E-state index in [-0.39, 0.29) is 30.7 Å². The summed E-state index contributed by atoms with van der Waals surface area (Å²) >= 11 is 0. The van der Waals surface area contributed by atoms with Crippen LogP contribution in [0.2, 0.25) is 0 Å². The molecule has 4 aromatic rings. The van der Waals surface area contributed by atoms with Crippen LogP contribution in [0.3, 0.4) is 0 Å². The van der Waals surface area contributed by atoms with E-state index in [1.165, 1.54) is 0 Å². The second kappa shape index (κ2) is 9.91. The molecule has 2 aromatic carbocycles. The molecule has 0 aliphatic heterocycles. The summed E-state index contributed by atoms with van der Waals surface area (Å²) in [4.78, 5) is 24.8. The van der Waals surface area contributed by atoms with Crippen LogP contribution in [0.4, 0.5) is 13.6 Å². The Balaban J connectivity index is 1.12. The van der Waals surface area contributed by atoms with Gasteiger partial charge in [-0.1, -0.05) is 48.5 Å². The zero-order chi connectivity index (χ0) is 28.3. The Morgan fingerprint density at radius 3 is 2.20 bits per heavy atom. The molecule has 2 heterocycles. The van der Waals surface area contributed by atoms with E-state index in [0.717, 1.165) is 40.8 Å². The van der Waals surface area contributed by atoms with Gasteiger partial charge < -0.3 is 15.4 Å². The molecular weight excluding hydrogens is 524 g/mol. The van der Waals surface area contributed by atoms with E-state index in [0.29, 0.717) is 24.3 Å². The van der Waals surface area contributed by atoms with Crippen LogP contribution in [-0.2, 0) is 4.74 Å². The number of benzene rings is 2. The summed E-state index contributed by atoms with van der Waals surface area (Å²) in [6.07, 6.45) is 5.35. The molecule has 0 bridgehead atoms. The van der Waals surface area contributed by atoms with Gasteiger partial charge in [0.15, 0.2) is 6.10 Å². The molecule has 2 N–H and O–H groups in total. The van der Waals surface area contributed by atoms with Crippen molar-refractivity contribution in [1.82, 2.24) is 19.3 Å². The third-order valence-corrected chi connectivity index (χ3v) is 9.05. The first kappa shape index (κ1) is 26.1. The highest BCUT2D eigenvalue weighted by molar-refractivity contribution is 5.80. The number of halogens is 2. The van der Waals surface area contributed by atoms with Gasteiger partial charge in [0.2, 0.25) is 11.7 Å². The number of ether oxygens (including phenoxy) is 1. The summed E-state index contributed by atoms with van der Waals surface area (Å²) < 4.78 is 35.3. The molecule has 41 heavy (non-hydrogen) atoms. The molecule has 0 saturated heterocycles. The largest absolute Gasteiger partial charge is 0.436 e. The van der Waals surface area contributed by atoms with Gasteiger partial charge in [-0.3, -0.25) is 4.40 Å². The Labute approximate surface area is 237 Å². The van der Waals surface area contributed by atoms with Crippen LogP contribution in [0, 0.1) is 11.8 Å². The number of aromatic nitrogens is 3. The smallest absolute Gasteiger partial charge is 0.411 e. The van der Waals surface area contributed by atoms with Crippen LogP contribution < -0.4 is 5.73 Å². The number of hydrogen-bond donors (Lipinski definition) is 1. The normalized spacial score (nSPS) is 19.9. The Hall–Kier alpha value is -3.85. The number of rotatable bonds is 6. The SMILES string of the molecule is CN(C(=O)OC1c2ccccc2-c2ccccc21)[C@@H](c1ccn2cc([C@@H](N)C3CCC(F)(F)CC3)nc2n1)C1CC1. The zero-order valence-corrected chi connectivity index (χ0v) is 22.9. The maximum Gasteiger partial charge on any atom is 0.411 e. The van der Waals surface area contributed by atoms with Crippen LogP contribution in [-0.4, -0.2) is 38.3 Å². The third-order valence-electron chi connectivity index (χ3n) is 9.05. The molecule has 2 fully saturated rings. The van der Waals surface area contributed by atoms with E-state index in [1.807, 2.05) is 59.3 Å². The van der Waals surface area contributed by atoms with Crippen molar-refractivity contribution in [3.8, 4) is 11.1 Å². The van der Waals surface area contributed by atoms with E-state index < -0.39 is 24.2 Å². The molecule has 2 atom stereocenters. The number of nitrogens with zero attached hydrogens (tertiary/aromatic N) is 4. The van der Waals surface area contributed by atoms with Crippen LogP contribution in [0.25, 0.3) is 16.9 Å². The van der Waals surface area contributed by atoms with Gasteiger partial charge in [0.25, 0.3) is 0 Å². The molecular formula is C32H33F2N5O2. The molecule has 9 heteroatoms. The number of alkyl halides is 2. The number of fused-ring (bicyclic) bond motifs is 4. The molecule has 2 aromatic heterocycles. The molecule has 2 saturated carbocycles. The predicted octanol–water partition coefficient (Wildman–Crippen LogP) is 6.84. The first-order valence-electron chi connectivity index (χ1n) is 14.4. The predicted molar refractivity (Wildman–Crippen MR) is 150 cm³/mol. The summed E-state index contributed by atoms with van der Waals surface area (Å²) in [6, 6.07) is 17.3. The minimum Gasteiger partial charge on any atom is -0.436 e. The van der Waals surface area contributed by atoms with Gasteiger partial charge in [0, 0.05) is 43.4 Å². The fourth-order valence-electron chi connectivity index (χ4n) is 6.59. The number of amides is 1. The van der Waals surface area contributed by atoms with Crippen LogP contribution in [0.15, 0.2) is 67.0 Å². The fourth-order valence-corrected chi connectivity index (χ4v) is 6.59. The lowest BCUT2D eigenvalue weighted by Gasteiger charge is -2.31. The molecule has 1 amide bonds. The lowest BCUT2D eigenvalue weighted by molar-refractivity contribution is -0.0484. The van der Waals surface area contributed by atoms with Gasteiger partial charge in [0.05, 0.1) is 23.5 Å². The molecule has 3 aliphatic carbocycles. The molecule has 0 radical (unpaired) electrons. The minimum absolute atomic E-state index is 0.0371. The molecule has 3 aliphatic rings. The van der Waals surface area contributed by atoms with Crippen molar-refractivity contribution in [2.75, 3.05) is 7.05 Å². The Bertz CT molecular complexity index is 1560. The topological polar surface area (TPSA) is 85.8 Å².